The summed E-state index contributed by atoms with van der Waals surface area (Å²) < 4.78 is 1.42. The summed E-state index contributed by atoms with van der Waals surface area (Å²) in [5, 5.41) is 19.4. The Kier molecular flexibility index (Phi) is 3.41. The van der Waals surface area contributed by atoms with Gasteiger partial charge in [-0.2, -0.15) is 0 Å². The Morgan fingerprint density at radius 1 is 0.833 bits per heavy atom. The van der Waals surface area contributed by atoms with Crippen molar-refractivity contribution in [2.75, 3.05) is 0 Å². The smallest absolute Gasteiger partial charge is 0.336 e. The maximum absolute atomic E-state index is 11.1. The van der Waals surface area contributed by atoms with Crippen molar-refractivity contribution >= 4 is 54.6 Å². The van der Waals surface area contributed by atoms with Crippen LogP contribution in [-0.2, 0) is 0 Å². The van der Waals surface area contributed by atoms with Gasteiger partial charge in [-0.05, 0) is 35.0 Å². The molecule has 0 aliphatic heterocycles. The molecule has 4 nitrogen and oxygen atoms in total. The van der Waals surface area contributed by atoms with Gasteiger partial charge in [0.2, 0.25) is 0 Å². The van der Waals surface area contributed by atoms with Gasteiger partial charge in [-0.15, -0.1) is 0 Å². The van der Waals surface area contributed by atoms with Crippen LogP contribution in [0.2, 0.25) is 0 Å². The molecule has 0 aliphatic carbocycles. The number of rotatable bonds is 2. The van der Waals surface area contributed by atoms with Crippen LogP contribution < -0.4 is 0 Å². The van der Waals surface area contributed by atoms with Crippen LogP contribution in [-0.4, -0.2) is 22.2 Å². The van der Waals surface area contributed by atoms with Gasteiger partial charge in [-0.1, -0.05) is 31.9 Å². The van der Waals surface area contributed by atoms with Gasteiger partial charge >= 0.3 is 11.9 Å². The third-order valence-corrected chi connectivity index (χ3v) is 3.89. The average molecular weight is 374 g/mol. The van der Waals surface area contributed by atoms with Gasteiger partial charge in [0.05, 0.1) is 11.1 Å². The second-order valence-electron chi connectivity index (χ2n) is 3.58. The Morgan fingerprint density at radius 2 is 1.17 bits per heavy atom. The number of carboxylic acids is 2. The fourth-order valence-electron chi connectivity index (χ4n) is 1.67. The van der Waals surface area contributed by atoms with Crippen LogP contribution in [0.25, 0.3) is 10.8 Å². The molecule has 2 aromatic carbocycles. The Hall–Kier alpha value is -1.40. The van der Waals surface area contributed by atoms with Crippen molar-refractivity contribution < 1.29 is 19.8 Å². The topological polar surface area (TPSA) is 74.6 Å². The molecular weight excluding hydrogens is 368 g/mol. The lowest BCUT2D eigenvalue weighted by Crippen LogP contribution is -2.08. The normalized spacial score (nSPS) is 10.6. The van der Waals surface area contributed by atoms with Crippen molar-refractivity contribution in [2.24, 2.45) is 0 Å². The molecule has 18 heavy (non-hydrogen) atoms. The number of hydrogen-bond acceptors (Lipinski definition) is 2. The summed E-state index contributed by atoms with van der Waals surface area (Å²) in [4.78, 5) is 22.2. The predicted molar refractivity (Wildman–Crippen MR) is 73.3 cm³/mol. The summed E-state index contributed by atoms with van der Waals surface area (Å²) in [5.41, 5.74) is -0.456. The van der Waals surface area contributed by atoms with Crippen molar-refractivity contribution in [1.82, 2.24) is 0 Å². The zero-order chi connectivity index (χ0) is 13.4. The fourth-order valence-corrected chi connectivity index (χ4v) is 2.60. The molecule has 0 saturated heterocycles. The van der Waals surface area contributed by atoms with Crippen LogP contribution in [0.4, 0.5) is 0 Å². The average Bonchev–Trinajstić information content (AvgIpc) is 2.32. The minimum atomic E-state index is -1.26. The first-order valence-electron chi connectivity index (χ1n) is 4.80. The van der Waals surface area contributed by atoms with Gasteiger partial charge in [0.1, 0.15) is 0 Å². The number of benzene rings is 2. The maximum Gasteiger partial charge on any atom is 0.336 e. The summed E-state index contributed by atoms with van der Waals surface area (Å²) in [6.07, 6.45) is 0. The maximum atomic E-state index is 11.1. The van der Waals surface area contributed by atoms with Crippen LogP contribution in [0, 0.1) is 0 Å². The molecule has 0 bridgehead atoms. The molecule has 0 unspecified atom stereocenters. The van der Waals surface area contributed by atoms with Crippen molar-refractivity contribution in [3.8, 4) is 0 Å². The first kappa shape index (κ1) is 13.0. The monoisotopic (exact) mass is 372 g/mol. The van der Waals surface area contributed by atoms with Gasteiger partial charge in [-0.3, -0.25) is 0 Å². The van der Waals surface area contributed by atoms with Crippen molar-refractivity contribution in [1.29, 1.82) is 0 Å². The number of hydrogen-bond donors (Lipinski definition) is 2. The number of aromatic carboxylic acids is 2. The van der Waals surface area contributed by atoms with E-state index >= 15 is 0 Å². The minimum absolute atomic E-state index is 0.228. The van der Waals surface area contributed by atoms with E-state index in [4.69, 9.17) is 10.2 Å². The van der Waals surface area contributed by atoms with E-state index in [0.29, 0.717) is 19.7 Å². The minimum Gasteiger partial charge on any atom is -0.478 e. The van der Waals surface area contributed by atoms with Gasteiger partial charge in [0, 0.05) is 8.95 Å². The molecule has 0 aromatic heterocycles. The molecule has 0 aliphatic rings. The molecule has 2 N–H and O–H groups in total. The zero-order valence-electron chi connectivity index (χ0n) is 8.78. The molecule has 0 saturated carbocycles. The second kappa shape index (κ2) is 4.70. The molecule has 0 heterocycles. The molecule has 92 valence electrons. The molecule has 0 fully saturated rings. The molecule has 0 radical (unpaired) electrons. The molecular formula is C12H6Br2O4. The third-order valence-electron chi connectivity index (χ3n) is 2.51. The SMILES string of the molecule is O=C(O)c1cc2c(Br)ccc(Br)c2cc1C(=O)O. The van der Waals surface area contributed by atoms with E-state index in [1.807, 2.05) is 0 Å². The Balaban J connectivity index is 2.93. The fraction of sp³-hybridized carbons (Fsp3) is 0. The Morgan fingerprint density at radius 3 is 1.44 bits per heavy atom. The van der Waals surface area contributed by atoms with Crippen LogP contribution in [0.3, 0.4) is 0 Å². The number of halogens is 2. The highest BCUT2D eigenvalue weighted by Crippen LogP contribution is 2.32. The second-order valence-corrected chi connectivity index (χ2v) is 5.29. The summed E-state index contributed by atoms with van der Waals surface area (Å²) >= 11 is 6.63. The lowest BCUT2D eigenvalue weighted by molar-refractivity contribution is 0.0652. The van der Waals surface area contributed by atoms with Crippen molar-refractivity contribution in [3.63, 3.8) is 0 Å². The molecule has 2 rings (SSSR count). The predicted octanol–water partition coefficient (Wildman–Crippen LogP) is 3.76. The number of carbonyl (C=O) groups is 2. The van der Waals surface area contributed by atoms with E-state index < -0.39 is 11.9 Å². The largest absolute Gasteiger partial charge is 0.478 e. The van der Waals surface area contributed by atoms with Crippen LogP contribution >= 0.6 is 31.9 Å². The highest BCUT2D eigenvalue weighted by Gasteiger charge is 2.18. The molecule has 0 spiro atoms. The highest BCUT2D eigenvalue weighted by atomic mass is 79.9. The van der Waals surface area contributed by atoms with E-state index in [1.165, 1.54) is 12.1 Å². The van der Waals surface area contributed by atoms with Gasteiger partial charge in [0.25, 0.3) is 0 Å². The van der Waals surface area contributed by atoms with E-state index in [-0.39, 0.29) is 11.1 Å². The summed E-state index contributed by atoms with van der Waals surface area (Å²) in [6, 6.07) is 6.24. The first-order chi connectivity index (χ1) is 8.41. The van der Waals surface area contributed by atoms with Crippen LogP contribution in [0.1, 0.15) is 20.7 Å². The number of carboxylic acid groups (broad SMARTS) is 2. The van der Waals surface area contributed by atoms with E-state index in [0.717, 1.165) is 0 Å². The Bertz CT molecular complexity index is 621. The first-order valence-corrected chi connectivity index (χ1v) is 6.38. The van der Waals surface area contributed by atoms with E-state index in [9.17, 15) is 9.59 Å². The molecule has 6 heteroatoms. The van der Waals surface area contributed by atoms with E-state index in [1.54, 1.807) is 12.1 Å². The standard InChI is InChI=1S/C12H6Br2O4/c13-9-1-2-10(14)6-4-8(12(17)18)7(11(15)16)3-5(6)9/h1-4H,(H,15,16)(H,17,18). The lowest BCUT2D eigenvalue weighted by Gasteiger charge is -2.08. The number of fused-ring (bicyclic) bond motifs is 1. The van der Waals surface area contributed by atoms with E-state index in [2.05, 4.69) is 31.9 Å². The quantitative estimate of drug-likeness (QED) is 0.840. The summed E-state index contributed by atoms with van der Waals surface area (Å²) in [6.45, 7) is 0. The molecule has 0 atom stereocenters. The van der Waals surface area contributed by atoms with Crippen molar-refractivity contribution in [2.45, 2.75) is 0 Å². The zero-order valence-corrected chi connectivity index (χ0v) is 11.9. The summed E-state index contributed by atoms with van der Waals surface area (Å²) in [5.74, 6) is -2.53. The van der Waals surface area contributed by atoms with Gasteiger partial charge in [-0.25, -0.2) is 9.59 Å². The third kappa shape index (κ3) is 2.13. The highest BCUT2D eigenvalue weighted by molar-refractivity contribution is 9.11. The van der Waals surface area contributed by atoms with Gasteiger partial charge < -0.3 is 10.2 Å². The molecule has 0 amide bonds. The van der Waals surface area contributed by atoms with Crippen LogP contribution in [0.15, 0.2) is 33.2 Å². The summed E-state index contributed by atoms with van der Waals surface area (Å²) in [7, 11) is 0. The van der Waals surface area contributed by atoms with Crippen LogP contribution in [0.5, 0.6) is 0 Å². The Labute approximate surface area is 118 Å². The van der Waals surface area contributed by atoms with Gasteiger partial charge in [0.15, 0.2) is 0 Å². The lowest BCUT2D eigenvalue weighted by atomic mass is 10.0. The van der Waals surface area contributed by atoms with Crippen molar-refractivity contribution in [3.05, 3.63) is 44.3 Å². The molecule has 2 aromatic rings.